The van der Waals surface area contributed by atoms with Gasteiger partial charge in [-0.15, -0.1) is 0 Å². The van der Waals surface area contributed by atoms with Gasteiger partial charge in [-0.2, -0.15) is 0 Å². The van der Waals surface area contributed by atoms with E-state index in [9.17, 15) is 9.59 Å². The minimum absolute atomic E-state index is 0.242. The molecule has 0 aliphatic rings. The van der Waals surface area contributed by atoms with Gasteiger partial charge >= 0.3 is 12.1 Å². The van der Waals surface area contributed by atoms with E-state index in [1.807, 2.05) is 37.3 Å². The summed E-state index contributed by atoms with van der Waals surface area (Å²) in [6, 6.07) is 9.49. The van der Waals surface area contributed by atoms with Gasteiger partial charge < -0.3 is 19.5 Å². The molecule has 0 aromatic heterocycles. The third-order valence-electron chi connectivity index (χ3n) is 4.08. The lowest BCUT2D eigenvalue weighted by Crippen LogP contribution is -2.42. The fourth-order valence-corrected chi connectivity index (χ4v) is 2.76. The molecule has 27 heavy (non-hydrogen) atoms. The van der Waals surface area contributed by atoms with Crippen molar-refractivity contribution in [2.24, 2.45) is 5.92 Å². The Kier molecular flexibility index (Phi) is 9.12. The molecule has 6 heteroatoms. The summed E-state index contributed by atoms with van der Waals surface area (Å²) in [6.07, 6.45) is 0.443. The van der Waals surface area contributed by atoms with Crippen LogP contribution in [0.3, 0.4) is 0 Å². The van der Waals surface area contributed by atoms with Crippen LogP contribution in [0.25, 0.3) is 0 Å². The smallest absolute Gasteiger partial charge is 0.408 e. The Labute approximate surface area is 162 Å². The highest BCUT2D eigenvalue weighted by atomic mass is 16.6. The molecule has 152 valence electrons. The molecule has 1 aromatic carbocycles. The topological polar surface area (TPSA) is 73.9 Å². The lowest BCUT2D eigenvalue weighted by molar-refractivity contribution is -0.153. The van der Waals surface area contributed by atoms with Crippen LogP contribution in [0.4, 0.5) is 4.79 Å². The number of amides is 1. The zero-order valence-corrected chi connectivity index (χ0v) is 17.3. The van der Waals surface area contributed by atoms with Crippen LogP contribution in [0.15, 0.2) is 30.3 Å². The van der Waals surface area contributed by atoms with Gasteiger partial charge in [-0.3, -0.25) is 4.79 Å². The van der Waals surface area contributed by atoms with E-state index in [2.05, 4.69) is 19.2 Å². The standard InChI is InChI=1S/C21H33NO5/c1-7-16(8-2)19(26-17-12-10-9-11-13-17)15(3)25-18(23)14-22-20(24)27-21(4,5)6/h9-13,15-16,19H,7-8,14H2,1-6H3,(H,22,24)/t15-,19-/m0/s1. The predicted octanol–water partition coefficient (Wildman–Crippen LogP) is 4.33. The summed E-state index contributed by atoms with van der Waals surface area (Å²) < 4.78 is 16.7. The maximum Gasteiger partial charge on any atom is 0.408 e. The Morgan fingerprint density at radius 3 is 2.19 bits per heavy atom. The molecule has 0 aliphatic carbocycles. The Balaban J connectivity index is 2.65. The van der Waals surface area contributed by atoms with Crippen molar-refractivity contribution < 1.29 is 23.8 Å². The molecule has 0 radical (unpaired) electrons. The van der Waals surface area contributed by atoms with Gasteiger partial charge in [0.05, 0.1) is 0 Å². The average Bonchev–Trinajstić information content (AvgIpc) is 2.59. The van der Waals surface area contributed by atoms with Crippen molar-refractivity contribution in [1.29, 1.82) is 0 Å². The van der Waals surface area contributed by atoms with Gasteiger partial charge in [0, 0.05) is 0 Å². The largest absolute Gasteiger partial charge is 0.486 e. The van der Waals surface area contributed by atoms with Crippen LogP contribution in [-0.2, 0) is 14.3 Å². The molecule has 0 saturated carbocycles. The quantitative estimate of drug-likeness (QED) is 0.647. The number of esters is 1. The fraction of sp³-hybridized carbons (Fsp3) is 0.619. The molecule has 1 N–H and O–H groups in total. The number of benzene rings is 1. The zero-order chi connectivity index (χ0) is 20.4. The molecule has 1 amide bonds. The molecule has 0 spiro atoms. The SMILES string of the molecule is CCC(CC)[C@@H](Oc1ccccc1)[C@H](C)OC(=O)CNC(=O)OC(C)(C)C. The summed E-state index contributed by atoms with van der Waals surface area (Å²) in [7, 11) is 0. The summed E-state index contributed by atoms with van der Waals surface area (Å²) in [6.45, 7) is 11.0. The van der Waals surface area contributed by atoms with Gasteiger partial charge in [0.2, 0.25) is 0 Å². The molecular weight excluding hydrogens is 346 g/mol. The summed E-state index contributed by atoms with van der Waals surface area (Å²) in [5, 5.41) is 2.41. The van der Waals surface area contributed by atoms with E-state index in [0.29, 0.717) is 0 Å². The van der Waals surface area contributed by atoms with Crippen LogP contribution >= 0.6 is 0 Å². The van der Waals surface area contributed by atoms with Gasteiger partial charge in [-0.25, -0.2) is 4.79 Å². The number of ether oxygens (including phenoxy) is 3. The van der Waals surface area contributed by atoms with Gasteiger partial charge in [0.15, 0.2) is 0 Å². The number of carbonyl (C=O) groups excluding carboxylic acids is 2. The molecule has 0 heterocycles. The molecule has 2 atom stereocenters. The zero-order valence-electron chi connectivity index (χ0n) is 17.3. The van der Waals surface area contributed by atoms with E-state index in [1.54, 1.807) is 20.8 Å². The third kappa shape index (κ3) is 8.80. The molecule has 0 bridgehead atoms. The predicted molar refractivity (Wildman–Crippen MR) is 105 cm³/mol. The molecule has 1 aromatic rings. The van der Waals surface area contributed by atoms with Crippen molar-refractivity contribution in [3.8, 4) is 5.75 Å². The summed E-state index contributed by atoms with van der Waals surface area (Å²) >= 11 is 0. The van der Waals surface area contributed by atoms with Gasteiger partial charge in [-0.1, -0.05) is 32.0 Å². The maximum atomic E-state index is 12.1. The number of hydrogen-bond donors (Lipinski definition) is 1. The highest BCUT2D eigenvalue weighted by Gasteiger charge is 2.29. The Hall–Kier alpha value is -2.24. The van der Waals surface area contributed by atoms with Crippen molar-refractivity contribution in [2.75, 3.05) is 6.54 Å². The highest BCUT2D eigenvalue weighted by molar-refractivity contribution is 5.78. The number of nitrogens with one attached hydrogen (secondary N) is 1. The van der Waals surface area contributed by atoms with E-state index in [0.717, 1.165) is 18.6 Å². The minimum Gasteiger partial charge on any atom is -0.486 e. The van der Waals surface area contributed by atoms with E-state index in [4.69, 9.17) is 14.2 Å². The Bertz CT molecular complexity index is 578. The average molecular weight is 379 g/mol. The monoisotopic (exact) mass is 379 g/mol. The molecule has 6 nitrogen and oxygen atoms in total. The normalized spacial score (nSPS) is 13.6. The Morgan fingerprint density at radius 2 is 1.67 bits per heavy atom. The van der Waals surface area contributed by atoms with Gasteiger partial charge in [0.25, 0.3) is 0 Å². The van der Waals surface area contributed by atoms with Crippen molar-refractivity contribution in [1.82, 2.24) is 5.32 Å². The second-order valence-electron chi connectivity index (χ2n) is 7.52. The van der Waals surface area contributed by atoms with E-state index in [-0.39, 0.29) is 18.6 Å². The van der Waals surface area contributed by atoms with Crippen LogP contribution in [0.5, 0.6) is 5.75 Å². The first-order chi connectivity index (χ1) is 12.7. The van der Waals surface area contributed by atoms with Gasteiger partial charge in [-0.05, 0) is 58.6 Å². The summed E-state index contributed by atoms with van der Waals surface area (Å²) in [5.41, 5.74) is -0.620. The van der Waals surface area contributed by atoms with E-state index < -0.39 is 23.8 Å². The molecule has 0 unspecified atom stereocenters. The first-order valence-electron chi connectivity index (χ1n) is 9.54. The van der Waals surface area contributed by atoms with Crippen molar-refractivity contribution in [2.45, 2.75) is 72.2 Å². The second kappa shape index (κ2) is 10.8. The van der Waals surface area contributed by atoms with Crippen LogP contribution in [-0.4, -0.2) is 36.4 Å². The Morgan fingerprint density at radius 1 is 1.07 bits per heavy atom. The summed E-state index contributed by atoms with van der Waals surface area (Å²) in [5.74, 6) is 0.456. The minimum atomic E-state index is -0.649. The lowest BCUT2D eigenvalue weighted by atomic mass is 9.93. The molecule has 0 saturated heterocycles. The van der Waals surface area contributed by atoms with Crippen LogP contribution < -0.4 is 10.1 Å². The number of hydrogen-bond acceptors (Lipinski definition) is 5. The highest BCUT2D eigenvalue weighted by Crippen LogP contribution is 2.24. The van der Waals surface area contributed by atoms with Crippen LogP contribution in [0.2, 0.25) is 0 Å². The van der Waals surface area contributed by atoms with Gasteiger partial charge in [0.1, 0.15) is 30.1 Å². The number of rotatable bonds is 9. The second-order valence-corrected chi connectivity index (χ2v) is 7.52. The summed E-state index contributed by atoms with van der Waals surface area (Å²) in [4.78, 5) is 23.8. The number of alkyl carbamates (subject to hydrolysis) is 1. The first-order valence-corrected chi connectivity index (χ1v) is 9.54. The molecule has 1 rings (SSSR count). The van der Waals surface area contributed by atoms with E-state index in [1.165, 1.54) is 0 Å². The van der Waals surface area contributed by atoms with Crippen molar-refractivity contribution in [3.05, 3.63) is 30.3 Å². The molecular formula is C21H33NO5. The first kappa shape index (κ1) is 22.8. The number of carbonyl (C=O) groups is 2. The number of para-hydroxylation sites is 1. The maximum absolute atomic E-state index is 12.1. The molecule has 0 fully saturated rings. The fourth-order valence-electron chi connectivity index (χ4n) is 2.76. The van der Waals surface area contributed by atoms with E-state index >= 15 is 0 Å². The molecule has 0 aliphatic heterocycles. The van der Waals surface area contributed by atoms with Crippen LogP contribution in [0, 0.1) is 5.92 Å². The lowest BCUT2D eigenvalue weighted by Gasteiger charge is -2.31. The third-order valence-corrected chi connectivity index (χ3v) is 4.08. The van der Waals surface area contributed by atoms with Crippen molar-refractivity contribution >= 4 is 12.1 Å². The van der Waals surface area contributed by atoms with Crippen molar-refractivity contribution in [3.63, 3.8) is 0 Å². The van der Waals surface area contributed by atoms with Crippen LogP contribution in [0.1, 0.15) is 54.4 Å².